The fourth-order valence-electron chi connectivity index (χ4n) is 4.68. The summed E-state index contributed by atoms with van der Waals surface area (Å²) in [5.41, 5.74) is 0.599. The van der Waals surface area contributed by atoms with Gasteiger partial charge >= 0.3 is 0 Å². The maximum absolute atomic E-state index is 12.8. The minimum Gasteiger partial charge on any atom is -0.373 e. The number of ether oxygens (including phenoxy) is 1. The Morgan fingerprint density at radius 3 is 2.77 bits per heavy atom. The lowest BCUT2D eigenvalue weighted by molar-refractivity contribution is -0.0450. The number of piperidine rings is 1. The lowest BCUT2D eigenvalue weighted by Gasteiger charge is -2.40. The fourth-order valence-corrected chi connectivity index (χ4v) is 4.68. The molecule has 6 heteroatoms. The Hall–Kier alpha value is -1.50. The predicted octanol–water partition coefficient (Wildman–Crippen LogP) is 1.34. The normalized spacial score (nSPS) is 30.8. The number of likely N-dealkylation sites (N-methyl/N-ethyl adjacent to an activating group) is 1. The van der Waals surface area contributed by atoms with Crippen molar-refractivity contribution in [3.8, 4) is 0 Å². The molecule has 1 amide bonds. The van der Waals surface area contributed by atoms with Crippen molar-refractivity contribution in [3.05, 3.63) is 30.1 Å². The van der Waals surface area contributed by atoms with Gasteiger partial charge < -0.3 is 19.4 Å². The number of aromatic nitrogens is 1. The summed E-state index contributed by atoms with van der Waals surface area (Å²) in [5, 5.41) is 0. The van der Waals surface area contributed by atoms with E-state index in [0.29, 0.717) is 5.92 Å². The van der Waals surface area contributed by atoms with Gasteiger partial charge in [0, 0.05) is 63.8 Å². The maximum Gasteiger partial charge on any atom is 0.254 e. The van der Waals surface area contributed by atoms with Crippen molar-refractivity contribution in [2.45, 2.75) is 24.9 Å². The van der Waals surface area contributed by atoms with Crippen molar-refractivity contribution in [2.24, 2.45) is 5.92 Å². The molecule has 4 heterocycles. The Morgan fingerprint density at radius 2 is 2.00 bits per heavy atom. The lowest BCUT2D eigenvalue weighted by atomic mass is 9.86. The first-order valence-corrected chi connectivity index (χ1v) is 9.88. The van der Waals surface area contributed by atoms with Gasteiger partial charge in [-0.1, -0.05) is 0 Å². The van der Waals surface area contributed by atoms with Crippen LogP contribution < -0.4 is 0 Å². The van der Waals surface area contributed by atoms with Crippen LogP contribution in [0.4, 0.5) is 0 Å². The third-order valence-corrected chi connectivity index (χ3v) is 6.15. The quantitative estimate of drug-likeness (QED) is 0.816. The highest BCUT2D eigenvalue weighted by Gasteiger charge is 2.44. The van der Waals surface area contributed by atoms with Crippen LogP contribution in [0.1, 0.15) is 29.6 Å². The van der Waals surface area contributed by atoms with Crippen LogP contribution in [0.15, 0.2) is 24.5 Å². The van der Waals surface area contributed by atoms with E-state index < -0.39 is 0 Å². The highest BCUT2D eigenvalue weighted by atomic mass is 16.5. The second-order valence-electron chi connectivity index (χ2n) is 8.23. The number of carbonyl (C=O) groups is 1. The molecule has 0 bridgehead atoms. The molecule has 4 rings (SSSR count). The Kier molecular flexibility index (Phi) is 5.25. The highest BCUT2D eigenvalue weighted by Crippen LogP contribution is 2.38. The Bertz CT molecular complexity index is 617. The molecule has 0 saturated carbocycles. The van der Waals surface area contributed by atoms with E-state index >= 15 is 0 Å². The van der Waals surface area contributed by atoms with Gasteiger partial charge in [-0.2, -0.15) is 0 Å². The van der Waals surface area contributed by atoms with Crippen molar-refractivity contribution in [1.29, 1.82) is 0 Å². The van der Waals surface area contributed by atoms with E-state index in [9.17, 15) is 4.79 Å². The van der Waals surface area contributed by atoms with E-state index in [1.165, 1.54) is 0 Å². The number of hydrogen-bond donors (Lipinski definition) is 0. The second kappa shape index (κ2) is 7.62. The monoisotopic (exact) mass is 358 g/mol. The predicted molar refractivity (Wildman–Crippen MR) is 100 cm³/mol. The molecule has 0 aliphatic carbocycles. The van der Waals surface area contributed by atoms with E-state index in [1.54, 1.807) is 24.5 Å². The Labute approximate surface area is 156 Å². The van der Waals surface area contributed by atoms with E-state index in [1.807, 2.05) is 4.90 Å². The molecule has 0 unspecified atom stereocenters. The summed E-state index contributed by atoms with van der Waals surface area (Å²) in [5.74, 6) is 0.701. The van der Waals surface area contributed by atoms with Gasteiger partial charge in [0.1, 0.15) is 0 Å². The Morgan fingerprint density at radius 1 is 1.23 bits per heavy atom. The van der Waals surface area contributed by atoms with Crippen LogP contribution in [0.25, 0.3) is 0 Å². The average Bonchev–Trinajstić information content (AvgIpc) is 3.05. The van der Waals surface area contributed by atoms with Gasteiger partial charge in [-0.3, -0.25) is 9.78 Å². The van der Waals surface area contributed by atoms with Crippen LogP contribution in [0, 0.1) is 5.92 Å². The zero-order valence-electron chi connectivity index (χ0n) is 15.8. The molecule has 0 radical (unpaired) electrons. The van der Waals surface area contributed by atoms with Crippen molar-refractivity contribution >= 4 is 5.91 Å². The third kappa shape index (κ3) is 3.92. The van der Waals surface area contributed by atoms with Crippen molar-refractivity contribution in [1.82, 2.24) is 19.7 Å². The molecule has 1 aromatic heterocycles. The highest BCUT2D eigenvalue weighted by molar-refractivity contribution is 5.94. The van der Waals surface area contributed by atoms with E-state index in [2.05, 4.69) is 21.8 Å². The maximum atomic E-state index is 12.8. The fraction of sp³-hybridized carbons (Fsp3) is 0.700. The van der Waals surface area contributed by atoms with Gasteiger partial charge in [0.05, 0.1) is 12.2 Å². The number of piperazine rings is 1. The molecule has 0 N–H and O–H groups in total. The van der Waals surface area contributed by atoms with E-state index in [4.69, 9.17) is 4.74 Å². The molecule has 3 fully saturated rings. The van der Waals surface area contributed by atoms with Crippen LogP contribution >= 0.6 is 0 Å². The number of nitrogens with zero attached hydrogens (tertiary/aromatic N) is 4. The minimum atomic E-state index is -0.127. The van der Waals surface area contributed by atoms with Crippen molar-refractivity contribution in [3.63, 3.8) is 0 Å². The molecule has 3 aliphatic rings. The summed E-state index contributed by atoms with van der Waals surface area (Å²) in [6.07, 6.45) is 6.56. The molecule has 1 aromatic rings. The van der Waals surface area contributed by atoms with Gasteiger partial charge in [0.25, 0.3) is 5.91 Å². The molecular formula is C20H30N4O2. The summed E-state index contributed by atoms with van der Waals surface area (Å²) >= 11 is 0. The van der Waals surface area contributed by atoms with E-state index in [0.717, 1.165) is 77.2 Å². The number of hydrogen-bond acceptors (Lipinski definition) is 5. The molecular weight excluding hydrogens is 328 g/mol. The topological polar surface area (TPSA) is 48.9 Å². The van der Waals surface area contributed by atoms with Crippen LogP contribution in [-0.2, 0) is 4.74 Å². The number of pyridine rings is 1. The van der Waals surface area contributed by atoms with Crippen molar-refractivity contribution < 1.29 is 9.53 Å². The smallest absolute Gasteiger partial charge is 0.254 e. The summed E-state index contributed by atoms with van der Waals surface area (Å²) in [4.78, 5) is 23.8. The standard InChI is InChI=1S/C20H30N4O2/c1-22-9-11-23(12-10-22)14-17-13-20(26-15-17)5-2-8-24(16-20)19(25)18-3-6-21-7-4-18/h3-4,6-7,17H,2,5,8-16H2,1H3/t17-,20-/m0/s1. The van der Waals surface area contributed by atoms with Crippen LogP contribution in [0.2, 0.25) is 0 Å². The first-order valence-electron chi connectivity index (χ1n) is 9.88. The minimum absolute atomic E-state index is 0.109. The molecule has 0 aromatic carbocycles. The first-order chi connectivity index (χ1) is 12.6. The average molecular weight is 358 g/mol. The largest absolute Gasteiger partial charge is 0.373 e. The van der Waals surface area contributed by atoms with Gasteiger partial charge in [-0.05, 0) is 44.4 Å². The summed E-state index contributed by atoms with van der Waals surface area (Å²) < 4.78 is 6.33. The molecule has 6 nitrogen and oxygen atoms in total. The zero-order valence-corrected chi connectivity index (χ0v) is 15.8. The molecule has 1 spiro atoms. The van der Waals surface area contributed by atoms with Gasteiger partial charge in [-0.15, -0.1) is 0 Å². The summed E-state index contributed by atoms with van der Waals surface area (Å²) in [6, 6.07) is 3.60. The first kappa shape index (κ1) is 17.9. The molecule has 142 valence electrons. The van der Waals surface area contributed by atoms with Crippen molar-refractivity contribution in [2.75, 3.05) is 59.5 Å². The van der Waals surface area contributed by atoms with Crippen LogP contribution in [-0.4, -0.2) is 90.7 Å². The SMILES string of the molecule is CN1CCN(C[C@H]2CO[C@@]3(CCCN(C(=O)c4ccncc4)C3)C2)CC1. The number of likely N-dealkylation sites (tertiary alicyclic amines) is 1. The third-order valence-electron chi connectivity index (χ3n) is 6.15. The van der Waals surface area contributed by atoms with Gasteiger partial charge in [0.2, 0.25) is 0 Å². The summed E-state index contributed by atoms with van der Waals surface area (Å²) in [7, 11) is 2.20. The van der Waals surface area contributed by atoms with Crippen LogP contribution in [0.5, 0.6) is 0 Å². The zero-order chi connectivity index (χ0) is 18.0. The summed E-state index contributed by atoms with van der Waals surface area (Å²) in [6.45, 7) is 8.17. The second-order valence-corrected chi connectivity index (χ2v) is 8.23. The Balaban J connectivity index is 1.34. The molecule has 26 heavy (non-hydrogen) atoms. The molecule has 3 aliphatic heterocycles. The number of rotatable bonds is 3. The van der Waals surface area contributed by atoms with Gasteiger partial charge in [-0.25, -0.2) is 0 Å². The number of amides is 1. The van der Waals surface area contributed by atoms with Gasteiger partial charge in [0.15, 0.2) is 0 Å². The van der Waals surface area contributed by atoms with E-state index in [-0.39, 0.29) is 11.5 Å². The molecule has 2 atom stereocenters. The van der Waals surface area contributed by atoms with Crippen LogP contribution in [0.3, 0.4) is 0 Å². The molecule has 3 saturated heterocycles. The lowest BCUT2D eigenvalue weighted by Crippen LogP contribution is -2.50. The number of carbonyl (C=O) groups excluding carboxylic acids is 1.